The number of ether oxygens (including phenoxy) is 1. The topological polar surface area (TPSA) is 133 Å². The van der Waals surface area contributed by atoms with Crippen LogP contribution in [0.4, 0.5) is 0 Å². The molecule has 0 spiro atoms. The van der Waals surface area contributed by atoms with Gasteiger partial charge in [0.05, 0.1) is 24.0 Å². The van der Waals surface area contributed by atoms with E-state index < -0.39 is 35.0 Å². The molecule has 0 aromatic heterocycles. The Morgan fingerprint density at radius 1 is 0.896 bits per heavy atom. The summed E-state index contributed by atoms with van der Waals surface area (Å²) in [4.78, 5) is 38.6. The van der Waals surface area contributed by atoms with E-state index in [1.165, 1.54) is 5.57 Å². The van der Waals surface area contributed by atoms with Crippen molar-refractivity contribution in [1.29, 1.82) is 0 Å². The third-order valence-corrected chi connectivity index (χ3v) is 15.3. The van der Waals surface area contributed by atoms with Crippen molar-refractivity contribution < 1.29 is 34.4 Å². The summed E-state index contributed by atoms with van der Waals surface area (Å²) in [5.41, 5.74) is 0.369. The number of carboxylic acid groups (broad SMARTS) is 1. The Balaban J connectivity index is 1.44. The number of aliphatic carboxylic acids is 1. The van der Waals surface area contributed by atoms with Crippen LogP contribution in [-0.4, -0.2) is 64.4 Å². The lowest BCUT2D eigenvalue weighted by molar-refractivity contribution is -0.235. The summed E-state index contributed by atoms with van der Waals surface area (Å²) in [6.45, 7) is 22.0. The lowest BCUT2D eigenvalue weighted by atomic mass is 9.33. The maximum Gasteiger partial charge on any atom is 0.309 e. The number of Topliss-reactive ketones (excluding diaryl/α,β-unsaturated/α-hetero) is 1. The normalized spacial score (nSPS) is 40.4. The second-order valence-corrected chi connectivity index (χ2v) is 19.1. The molecule has 272 valence electrons. The fraction of sp³-hybridized carbons (Fsp3) is 0.875. The van der Waals surface area contributed by atoms with Crippen LogP contribution in [0.1, 0.15) is 133 Å². The molecule has 4 fully saturated rings. The van der Waals surface area contributed by atoms with E-state index in [1.54, 1.807) is 20.8 Å². The van der Waals surface area contributed by atoms with E-state index >= 15 is 0 Å². The van der Waals surface area contributed by atoms with Gasteiger partial charge in [0.25, 0.3) is 0 Å². The fourth-order valence-electron chi connectivity index (χ4n) is 12.5. The zero-order valence-electron chi connectivity index (χ0n) is 31.5. The van der Waals surface area contributed by atoms with E-state index in [9.17, 15) is 29.7 Å². The van der Waals surface area contributed by atoms with Crippen molar-refractivity contribution >= 4 is 17.7 Å². The molecule has 5 rings (SSSR count). The zero-order chi connectivity index (χ0) is 35.8. The Morgan fingerprint density at radius 2 is 1.56 bits per heavy atom. The number of hydrogen-bond acceptors (Lipinski definition) is 7. The van der Waals surface area contributed by atoms with E-state index in [-0.39, 0.29) is 51.8 Å². The van der Waals surface area contributed by atoms with Gasteiger partial charge in [0.1, 0.15) is 6.10 Å². The first-order chi connectivity index (χ1) is 22.1. The number of carboxylic acids is 1. The van der Waals surface area contributed by atoms with Crippen molar-refractivity contribution in [3.8, 4) is 0 Å². The number of carbonyl (C=O) groups is 3. The second-order valence-electron chi connectivity index (χ2n) is 19.1. The first kappa shape index (κ1) is 37.5. The highest BCUT2D eigenvalue weighted by atomic mass is 16.5. The Labute approximate surface area is 289 Å². The van der Waals surface area contributed by atoms with Crippen molar-refractivity contribution in [1.82, 2.24) is 5.32 Å². The summed E-state index contributed by atoms with van der Waals surface area (Å²) >= 11 is 0. The lowest BCUT2D eigenvalue weighted by Crippen LogP contribution is -2.66. The third kappa shape index (κ3) is 5.62. The molecule has 0 heterocycles. The van der Waals surface area contributed by atoms with Crippen LogP contribution in [-0.2, 0) is 19.1 Å². The molecule has 0 saturated heterocycles. The monoisotopic (exact) mass is 671 g/mol. The maximum atomic E-state index is 13.8. The number of hydrogen-bond donors (Lipinski definition) is 4. The van der Waals surface area contributed by atoms with E-state index in [0.717, 1.165) is 56.9 Å². The molecule has 4 saturated carbocycles. The van der Waals surface area contributed by atoms with Crippen LogP contribution in [0.2, 0.25) is 0 Å². The SMILES string of the molecule is CC(O)CNC[C@@H](O)[C@@]12CC[C@]3(C)[C@H](CC[C@@H]4[C@@]5(C)CC[C@H](OC(=O)CC(C)(C)C(=O)O)C(C)(C)[C@@H]5CC[C@]43C)C1=C(C(C)C)C(=O)C2. The number of allylic oxidation sites excluding steroid dienone is 1. The fourth-order valence-corrected chi connectivity index (χ4v) is 12.5. The molecule has 0 aromatic carbocycles. The Bertz CT molecular complexity index is 1330. The average Bonchev–Trinajstić information content (AvgIpc) is 3.27. The van der Waals surface area contributed by atoms with Crippen LogP contribution >= 0.6 is 0 Å². The van der Waals surface area contributed by atoms with Crippen molar-refractivity contribution in [2.45, 2.75) is 152 Å². The molecule has 0 aliphatic heterocycles. The molecule has 8 heteroatoms. The minimum atomic E-state index is -1.16. The van der Waals surface area contributed by atoms with Crippen LogP contribution < -0.4 is 5.32 Å². The molecular formula is C40H65NO7. The van der Waals surface area contributed by atoms with Gasteiger partial charge in [-0.1, -0.05) is 54.0 Å². The van der Waals surface area contributed by atoms with Gasteiger partial charge in [0, 0.05) is 30.3 Å². The minimum Gasteiger partial charge on any atom is -0.481 e. The first-order valence-electron chi connectivity index (χ1n) is 18.9. The van der Waals surface area contributed by atoms with Crippen LogP contribution in [0.25, 0.3) is 0 Å². The van der Waals surface area contributed by atoms with Gasteiger partial charge in [-0.25, -0.2) is 0 Å². The standard InChI is InChI=1S/C40H65NO7/c1-23(2)32-26(43)19-40(29(44)22-41-21-24(3)42)18-17-38(9)25(33(32)40)11-12-28-37(8)15-14-30(48-31(45)20-35(4,5)34(46)47)36(6,7)27(37)13-16-39(28,38)10/h23-25,27-30,41-42,44H,11-22H2,1-10H3,(H,46,47)/t24?,25-,27+,28-,29-,30+,37+,38-,39-,40+/m1/s1. The maximum absolute atomic E-state index is 13.8. The van der Waals surface area contributed by atoms with Gasteiger partial charge in [-0.05, 0) is 118 Å². The van der Waals surface area contributed by atoms with Gasteiger partial charge in [-0.15, -0.1) is 0 Å². The molecule has 10 atom stereocenters. The molecule has 0 aromatic rings. The molecule has 4 N–H and O–H groups in total. The van der Waals surface area contributed by atoms with Gasteiger partial charge >= 0.3 is 11.9 Å². The van der Waals surface area contributed by atoms with Crippen molar-refractivity contribution in [2.75, 3.05) is 13.1 Å². The molecule has 5 aliphatic rings. The molecule has 0 amide bonds. The number of esters is 1. The average molecular weight is 672 g/mol. The number of nitrogens with one attached hydrogen (secondary N) is 1. The first-order valence-corrected chi connectivity index (χ1v) is 18.9. The molecule has 8 nitrogen and oxygen atoms in total. The predicted molar refractivity (Wildman–Crippen MR) is 186 cm³/mol. The van der Waals surface area contributed by atoms with Crippen LogP contribution in [0.15, 0.2) is 11.1 Å². The minimum absolute atomic E-state index is 0.0177. The molecular weight excluding hydrogens is 606 g/mol. The highest BCUT2D eigenvalue weighted by Crippen LogP contribution is 2.77. The van der Waals surface area contributed by atoms with Crippen molar-refractivity contribution in [3.05, 3.63) is 11.1 Å². The highest BCUT2D eigenvalue weighted by molar-refractivity contribution is 6.00. The van der Waals surface area contributed by atoms with E-state index in [0.29, 0.717) is 31.3 Å². The second kappa shape index (κ2) is 12.5. The van der Waals surface area contributed by atoms with Gasteiger partial charge in [0.2, 0.25) is 0 Å². The highest BCUT2D eigenvalue weighted by Gasteiger charge is 2.70. The molecule has 1 unspecified atom stereocenters. The molecule has 48 heavy (non-hydrogen) atoms. The summed E-state index contributed by atoms with van der Waals surface area (Å²) in [6.07, 6.45) is 6.54. The zero-order valence-corrected chi connectivity index (χ0v) is 31.5. The number of aliphatic hydroxyl groups excluding tert-OH is 2. The summed E-state index contributed by atoms with van der Waals surface area (Å²) in [6, 6.07) is 0. The van der Waals surface area contributed by atoms with Crippen molar-refractivity contribution in [3.63, 3.8) is 0 Å². The van der Waals surface area contributed by atoms with Gasteiger partial charge in [-0.3, -0.25) is 14.4 Å². The van der Waals surface area contributed by atoms with Crippen LogP contribution in [0, 0.1) is 56.2 Å². The Hall–Kier alpha value is -1.77. The van der Waals surface area contributed by atoms with Gasteiger partial charge in [0.15, 0.2) is 5.78 Å². The van der Waals surface area contributed by atoms with Gasteiger partial charge < -0.3 is 25.4 Å². The summed E-state index contributed by atoms with van der Waals surface area (Å²) in [5, 5.41) is 34.6. The van der Waals surface area contributed by atoms with E-state index in [2.05, 4.69) is 53.8 Å². The van der Waals surface area contributed by atoms with Crippen molar-refractivity contribution in [2.24, 2.45) is 56.2 Å². The molecule has 0 radical (unpaired) electrons. The number of rotatable bonds is 10. The van der Waals surface area contributed by atoms with Crippen LogP contribution in [0.5, 0.6) is 0 Å². The van der Waals surface area contributed by atoms with E-state index in [4.69, 9.17) is 4.74 Å². The number of carbonyl (C=O) groups excluding carboxylic acids is 2. The Morgan fingerprint density at radius 3 is 2.17 bits per heavy atom. The third-order valence-electron chi connectivity index (χ3n) is 15.3. The largest absolute Gasteiger partial charge is 0.481 e. The lowest BCUT2D eigenvalue weighted by Gasteiger charge is -2.72. The summed E-state index contributed by atoms with van der Waals surface area (Å²) in [5.74, 6) is -0.0114. The summed E-state index contributed by atoms with van der Waals surface area (Å²) in [7, 11) is 0. The number of fused-ring (bicyclic) bond motifs is 7. The predicted octanol–water partition coefficient (Wildman–Crippen LogP) is 6.71. The van der Waals surface area contributed by atoms with Crippen LogP contribution in [0.3, 0.4) is 0 Å². The summed E-state index contributed by atoms with van der Waals surface area (Å²) < 4.78 is 6.14. The number of aliphatic hydroxyl groups is 2. The smallest absolute Gasteiger partial charge is 0.309 e. The van der Waals surface area contributed by atoms with E-state index in [1.807, 2.05) is 0 Å². The number of ketones is 1. The van der Waals surface area contributed by atoms with Gasteiger partial charge in [-0.2, -0.15) is 0 Å². The molecule has 0 bridgehead atoms. The molecule has 5 aliphatic carbocycles. The Kier molecular flexibility index (Phi) is 9.74. The quantitative estimate of drug-likeness (QED) is 0.188.